The molecule has 34 heavy (non-hydrogen) atoms. The lowest BCUT2D eigenvalue weighted by Crippen LogP contribution is -2.06. The van der Waals surface area contributed by atoms with Crippen LogP contribution in [0.4, 0.5) is 0 Å². The Balaban J connectivity index is 1.74. The van der Waals surface area contributed by atoms with Crippen molar-refractivity contribution in [2.75, 3.05) is 21.3 Å². The van der Waals surface area contributed by atoms with Crippen LogP contribution >= 0.6 is 0 Å². The molecule has 0 spiro atoms. The summed E-state index contributed by atoms with van der Waals surface area (Å²) in [7, 11) is 0.436. The minimum atomic E-state index is -3.91. The van der Waals surface area contributed by atoms with Crippen molar-refractivity contribution in [2.24, 2.45) is 0 Å². The normalized spacial score (nSPS) is 11.1. The van der Waals surface area contributed by atoms with Gasteiger partial charge in [0.15, 0.2) is 0 Å². The van der Waals surface area contributed by atoms with Crippen molar-refractivity contribution in [3.8, 4) is 28.4 Å². The molecule has 0 atom stereocenters. The Morgan fingerprint density at radius 1 is 0.912 bits per heavy atom. The molecule has 0 fully saturated rings. The molecule has 0 N–H and O–H groups in total. The number of carbonyl (C=O) groups is 1. The molecule has 10 heteroatoms. The van der Waals surface area contributed by atoms with E-state index in [9.17, 15) is 13.2 Å². The Morgan fingerprint density at radius 2 is 1.65 bits per heavy atom. The van der Waals surface area contributed by atoms with Gasteiger partial charge in [-0.05, 0) is 42.5 Å². The maximum absolute atomic E-state index is 13.4. The molecule has 1 aromatic heterocycles. The van der Waals surface area contributed by atoms with Gasteiger partial charge in [0.2, 0.25) is 9.84 Å². The number of benzene rings is 3. The highest BCUT2D eigenvalue weighted by Crippen LogP contribution is 2.32. The van der Waals surface area contributed by atoms with E-state index in [4.69, 9.17) is 9.47 Å². The summed E-state index contributed by atoms with van der Waals surface area (Å²) in [6.45, 7) is 0. The van der Waals surface area contributed by atoms with Crippen molar-refractivity contribution in [3.05, 3.63) is 78.5 Å². The summed E-state index contributed by atoms with van der Waals surface area (Å²) in [5.74, 6) is 0.591. The molecular formula is C24H21N3O6S. The zero-order valence-corrected chi connectivity index (χ0v) is 19.4. The van der Waals surface area contributed by atoms with Crippen LogP contribution in [0.5, 0.6) is 11.5 Å². The molecule has 174 valence electrons. The van der Waals surface area contributed by atoms with E-state index in [-0.39, 0.29) is 15.4 Å². The molecule has 9 nitrogen and oxygen atoms in total. The number of aromatic nitrogens is 3. The van der Waals surface area contributed by atoms with Crippen molar-refractivity contribution in [3.63, 3.8) is 0 Å². The number of ether oxygens (including phenoxy) is 3. The number of rotatable bonds is 7. The maximum atomic E-state index is 13.4. The van der Waals surface area contributed by atoms with Crippen molar-refractivity contribution in [1.29, 1.82) is 0 Å². The SMILES string of the molecule is COC(=O)c1ccc(S(=O)(=O)c2ccccc2-c2cn(-c3ccc(OC)cc3OC)nn2)cc1. The minimum Gasteiger partial charge on any atom is -0.497 e. The first-order valence-electron chi connectivity index (χ1n) is 10.1. The largest absolute Gasteiger partial charge is 0.497 e. The van der Waals surface area contributed by atoms with Crippen LogP contribution < -0.4 is 9.47 Å². The first-order chi connectivity index (χ1) is 16.4. The van der Waals surface area contributed by atoms with Gasteiger partial charge in [-0.1, -0.05) is 23.4 Å². The molecule has 4 aromatic rings. The molecule has 0 saturated heterocycles. The molecule has 3 aromatic carbocycles. The third kappa shape index (κ3) is 4.23. The molecular weight excluding hydrogens is 458 g/mol. The number of methoxy groups -OCH3 is 3. The smallest absolute Gasteiger partial charge is 0.337 e. The van der Waals surface area contributed by atoms with E-state index in [0.29, 0.717) is 28.4 Å². The Labute approximate surface area is 196 Å². The summed E-state index contributed by atoms with van der Waals surface area (Å²) in [4.78, 5) is 11.8. The van der Waals surface area contributed by atoms with E-state index in [2.05, 4.69) is 15.0 Å². The number of sulfone groups is 1. The lowest BCUT2D eigenvalue weighted by atomic mass is 10.2. The van der Waals surface area contributed by atoms with Gasteiger partial charge in [0.25, 0.3) is 0 Å². The molecule has 0 aliphatic carbocycles. The van der Waals surface area contributed by atoms with Gasteiger partial charge in [-0.15, -0.1) is 5.10 Å². The van der Waals surface area contributed by atoms with Crippen LogP contribution in [0.3, 0.4) is 0 Å². The third-order valence-corrected chi connectivity index (χ3v) is 6.99. The molecule has 1 heterocycles. The van der Waals surface area contributed by atoms with Crippen molar-refractivity contribution in [1.82, 2.24) is 15.0 Å². The highest BCUT2D eigenvalue weighted by atomic mass is 32.2. The van der Waals surface area contributed by atoms with Gasteiger partial charge in [0, 0.05) is 11.6 Å². The minimum absolute atomic E-state index is 0.0387. The topological polar surface area (TPSA) is 110 Å². The number of hydrogen-bond donors (Lipinski definition) is 0. The first-order valence-corrected chi connectivity index (χ1v) is 11.5. The predicted molar refractivity (Wildman–Crippen MR) is 123 cm³/mol. The molecule has 0 aliphatic rings. The van der Waals surface area contributed by atoms with E-state index < -0.39 is 15.8 Å². The van der Waals surface area contributed by atoms with Gasteiger partial charge in [0.05, 0.1) is 42.9 Å². The van der Waals surface area contributed by atoms with Gasteiger partial charge in [-0.3, -0.25) is 0 Å². The second-order valence-corrected chi connectivity index (χ2v) is 9.02. The van der Waals surface area contributed by atoms with Crippen LogP contribution in [0.15, 0.2) is 82.7 Å². The van der Waals surface area contributed by atoms with E-state index in [1.165, 1.54) is 49.2 Å². The third-order valence-electron chi connectivity index (χ3n) is 5.17. The zero-order valence-electron chi connectivity index (χ0n) is 18.6. The highest BCUT2D eigenvalue weighted by molar-refractivity contribution is 7.91. The zero-order chi connectivity index (χ0) is 24.3. The fourth-order valence-electron chi connectivity index (χ4n) is 3.41. The van der Waals surface area contributed by atoms with Crippen LogP contribution in [-0.2, 0) is 14.6 Å². The molecule has 0 amide bonds. The fourth-order valence-corrected chi connectivity index (χ4v) is 4.87. The molecule has 0 aliphatic heterocycles. The van der Waals surface area contributed by atoms with Gasteiger partial charge in [-0.25, -0.2) is 17.9 Å². The number of hydrogen-bond acceptors (Lipinski definition) is 8. The summed E-state index contributed by atoms with van der Waals surface area (Å²) in [5, 5.41) is 8.36. The summed E-state index contributed by atoms with van der Waals surface area (Å²) in [5.41, 5.74) is 1.62. The van der Waals surface area contributed by atoms with E-state index in [0.717, 1.165) is 0 Å². The Kier molecular flexibility index (Phi) is 6.33. The molecule has 0 unspecified atom stereocenters. The number of esters is 1. The van der Waals surface area contributed by atoms with Crippen LogP contribution in [0.2, 0.25) is 0 Å². The van der Waals surface area contributed by atoms with Crippen molar-refractivity contribution < 1.29 is 27.4 Å². The van der Waals surface area contributed by atoms with E-state index in [1.807, 2.05) is 0 Å². The maximum Gasteiger partial charge on any atom is 0.337 e. The van der Waals surface area contributed by atoms with Crippen LogP contribution in [0.1, 0.15) is 10.4 Å². The monoisotopic (exact) mass is 479 g/mol. The van der Waals surface area contributed by atoms with Gasteiger partial charge < -0.3 is 14.2 Å². The first kappa shape index (κ1) is 23.0. The van der Waals surface area contributed by atoms with Crippen molar-refractivity contribution >= 4 is 15.8 Å². The van der Waals surface area contributed by atoms with Gasteiger partial charge in [-0.2, -0.15) is 0 Å². The average Bonchev–Trinajstić information content (AvgIpc) is 3.37. The van der Waals surface area contributed by atoms with Crippen LogP contribution in [0, 0.1) is 0 Å². The fraction of sp³-hybridized carbons (Fsp3) is 0.125. The van der Waals surface area contributed by atoms with Crippen LogP contribution in [-0.4, -0.2) is 50.7 Å². The predicted octanol–water partition coefficient (Wildman–Crippen LogP) is 3.57. The summed E-state index contributed by atoms with van der Waals surface area (Å²) >= 11 is 0. The lowest BCUT2D eigenvalue weighted by molar-refractivity contribution is 0.0600. The standard InChI is InChI=1S/C24H21N3O6S/c1-31-17-10-13-21(22(14-17)32-2)27-15-20(25-26-27)19-6-4-5-7-23(19)34(29,30)18-11-8-16(9-12-18)24(28)33-3/h4-15H,1-3H3. The lowest BCUT2D eigenvalue weighted by Gasteiger charge is -2.10. The summed E-state index contributed by atoms with van der Waals surface area (Å²) < 4.78 is 43.7. The van der Waals surface area contributed by atoms with E-state index in [1.54, 1.807) is 49.7 Å². The Bertz CT molecular complexity index is 1450. The van der Waals surface area contributed by atoms with Gasteiger partial charge >= 0.3 is 5.97 Å². The molecule has 4 rings (SSSR count). The summed E-state index contributed by atoms with van der Waals surface area (Å²) in [6, 6.07) is 17.3. The number of nitrogens with zero attached hydrogens (tertiary/aromatic N) is 3. The molecule has 0 bridgehead atoms. The Morgan fingerprint density at radius 3 is 2.32 bits per heavy atom. The molecule has 0 saturated carbocycles. The highest BCUT2D eigenvalue weighted by Gasteiger charge is 2.24. The quantitative estimate of drug-likeness (QED) is 0.370. The van der Waals surface area contributed by atoms with Crippen molar-refractivity contribution in [2.45, 2.75) is 9.79 Å². The summed E-state index contributed by atoms with van der Waals surface area (Å²) in [6.07, 6.45) is 1.62. The Hall–Kier alpha value is -4.18. The van der Waals surface area contributed by atoms with Gasteiger partial charge in [0.1, 0.15) is 22.9 Å². The van der Waals surface area contributed by atoms with E-state index >= 15 is 0 Å². The number of carbonyl (C=O) groups excluding carboxylic acids is 1. The second kappa shape index (κ2) is 9.36. The molecule has 0 radical (unpaired) electrons. The average molecular weight is 480 g/mol. The van der Waals surface area contributed by atoms with Crippen LogP contribution in [0.25, 0.3) is 16.9 Å². The second-order valence-electron chi connectivity index (χ2n) is 7.10.